The van der Waals surface area contributed by atoms with Crippen LogP contribution in [0.2, 0.25) is 0 Å². The van der Waals surface area contributed by atoms with Crippen LogP contribution in [0.25, 0.3) is 0 Å². The maximum atomic E-state index is 13.3. The van der Waals surface area contributed by atoms with E-state index in [1.165, 1.54) is 11.9 Å². The largest absolute Gasteiger partial charge is 0.376 e. The predicted octanol–water partition coefficient (Wildman–Crippen LogP) is 2.12. The molecule has 0 saturated carbocycles. The molecular formula is C13H14F2N2O4. The summed E-state index contributed by atoms with van der Waals surface area (Å²) >= 11 is 0. The Morgan fingerprint density at radius 2 is 2.05 bits per heavy atom. The van der Waals surface area contributed by atoms with Crippen LogP contribution in [0.15, 0.2) is 12.1 Å². The molecule has 2 rings (SSSR count). The molecule has 0 radical (unpaired) electrons. The smallest absolute Gasteiger partial charge is 0.285 e. The van der Waals surface area contributed by atoms with Gasteiger partial charge in [-0.3, -0.25) is 14.9 Å². The number of halogens is 2. The molecule has 21 heavy (non-hydrogen) atoms. The minimum Gasteiger partial charge on any atom is -0.376 e. The second kappa shape index (κ2) is 5.72. The third-order valence-corrected chi connectivity index (χ3v) is 3.62. The van der Waals surface area contributed by atoms with Crippen LogP contribution in [0.1, 0.15) is 23.7 Å². The average Bonchev–Trinajstić information content (AvgIpc) is 2.85. The average molecular weight is 300 g/mol. The van der Waals surface area contributed by atoms with E-state index in [1.54, 1.807) is 6.92 Å². The minimum atomic E-state index is -1.36. The standard InChI is InChI=1S/C13H14F2N2O4/c1-7-11(3-4-21-7)16(2)13(18)8-5-9(14)10(15)6-12(8)17(19)20/h5-7,11H,3-4H2,1-2H3. The zero-order chi connectivity index (χ0) is 15.7. The van der Waals surface area contributed by atoms with Crippen LogP contribution in [0.4, 0.5) is 14.5 Å². The molecule has 1 aromatic carbocycles. The number of hydrogen-bond acceptors (Lipinski definition) is 4. The molecule has 114 valence electrons. The monoisotopic (exact) mass is 300 g/mol. The van der Waals surface area contributed by atoms with Crippen LogP contribution in [0, 0.1) is 21.7 Å². The van der Waals surface area contributed by atoms with Crippen molar-refractivity contribution in [3.05, 3.63) is 39.4 Å². The molecule has 1 heterocycles. The van der Waals surface area contributed by atoms with Crippen LogP contribution in [0.5, 0.6) is 0 Å². The van der Waals surface area contributed by atoms with E-state index in [1.807, 2.05) is 0 Å². The molecule has 1 aromatic rings. The highest BCUT2D eigenvalue weighted by Crippen LogP contribution is 2.26. The second-order valence-corrected chi connectivity index (χ2v) is 4.89. The van der Waals surface area contributed by atoms with E-state index >= 15 is 0 Å². The first kappa shape index (κ1) is 15.3. The van der Waals surface area contributed by atoms with Crippen molar-refractivity contribution >= 4 is 11.6 Å². The summed E-state index contributed by atoms with van der Waals surface area (Å²) in [5, 5.41) is 10.9. The number of hydrogen-bond donors (Lipinski definition) is 0. The highest BCUT2D eigenvalue weighted by Gasteiger charge is 2.34. The van der Waals surface area contributed by atoms with E-state index in [-0.39, 0.29) is 12.1 Å². The summed E-state index contributed by atoms with van der Waals surface area (Å²) in [6, 6.07) is 0.725. The number of amides is 1. The van der Waals surface area contributed by atoms with E-state index < -0.39 is 33.7 Å². The summed E-state index contributed by atoms with van der Waals surface area (Å²) in [6.45, 7) is 2.25. The van der Waals surface area contributed by atoms with Crippen molar-refractivity contribution in [1.29, 1.82) is 0 Å². The number of rotatable bonds is 3. The fraction of sp³-hybridized carbons (Fsp3) is 0.462. The van der Waals surface area contributed by atoms with Gasteiger partial charge in [0.1, 0.15) is 5.56 Å². The molecule has 0 spiro atoms. The van der Waals surface area contributed by atoms with E-state index in [0.717, 1.165) is 0 Å². The van der Waals surface area contributed by atoms with Crippen molar-refractivity contribution in [2.45, 2.75) is 25.5 Å². The molecule has 1 saturated heterocycles. The molecule has 2 atom stereocenters. The Labute approximate surface area is 119 Å². The number of nitrogens with zero attached hydrogens (tertiary/aromatic N) is 2. The first-order valence-electron chi connectivity index (χ1n) is 6.35. The Balaban J connectivity index is 2.38. The molecule has 6 nitrogen and oxygen atoms in total. The van der Waals surface area contributed by atoms with Gasteiger partial charge in [0.15, 0.2) is 11.6 Å². The van der Waals surface area contributed by atoms with E-state index in [9.17, 15) is 23.7 Å². The Kier molecular flexibility index (Phi) is 4.17. The quantitative estimate of drug-likeness (QED) is 0.633. The van der Waals surface area contributed by atoms with Gasteiger partial charge in [0.2, 0.25) is 0 Å². The van der Waals surface area contributed by atoms with Gasteiger partial charge in [-0.2, -0.15) is 0 Å². The molecule has 0 bridgehead atoms. The Morgan fingerprint density at radius 1 is 1.43 bits per heavy atom. The first-order valence-corrected chi connectivity index (χ1v) is 6.35. The Hall–Kier alpha value is -2.09. The highest BCUT2D eigenvalue weighted by molar-refractivity contribution is 5.98. The summed E-state index contributed by atoms with van der Waals surface area (Å²) in [5.74, 6) is -3.39. The first-order chi connectivity index (χ1) is 9.82. The third-order valence-electron chi connectivity index (χ3n) is 3.62. The van der Waals surface area contributed by atoms with Crippen LogP contribution >= 0.6 is 0 Å². The molecule has 2 unspecified atom stereocenters. The van der Waals surface area contributed by atoms with Crippen molar-refractivity contribution in [1.82, 2.24) is 4.90 Å². The van der Waals surface area contributed by atoms with Gasteiger partial charge in [0.05, 0.1) is 23.1 Å². The number of benzene rings is 1. The van der Waals surface area contributed by atoms with E-state index in [4.69, 9.17) is 4.74 Å². The summed E-state index contributed by atoms with van der Waals surface area (Å²) in [6.07, 6.45) is 0.365. The zero-order valence-corrected chi connectivity index (χ0v) is 11.5. The number of ether oxygens (including phenoxy) is 1. The predicted molar refractivity (Wildman–Crippen MR) is 68.9 cm³/mol. The van der Waals surface area contributed by atoms with Gasteiger partial charge < -0.3 is 9.64 Å². The molecule has 1 amide bonds. The second-order valence-electron chi connectivity index (χ2n) is 4.89. The van der Waals surface area contributed by atoms with Crippen molar-refractivity contribution in [3.63, 3.8) is 0 Å². The van der Waals surface area contributed by atoms with Crippen LogP contribution < -0.4 is 0 Å². The van der Waals surface area contributed by atoms with Gasteiger partial charge in [0, 0.05) is 13.7 Å². The third kappa shape index (κ3) is 2.85. The summed E-state index contributed by atoms with van der Waals surface area (Å²) in [5.41, 5.74) is -1.22. The normalized spacial score (nSPS) is 21.3. The van der Waals surface area contributed by atoms with Gasteiger partial charge in [-0.1, -0.05) is 0 Å². The lowest BCUT2D eigenvalue weighted by Gasteiger charge is -2.26. The lowest BCUT2D eigenvalue weighted by molar-refractivity contribution is -0.385. The van der Waals surface area contributed by atoms with Crippen LogP contribution in [-0.2, 0) is 4.74 Å². The molecule has 1 fully saturated rings. The fourth-order valence-corrected chi connectivity index (χ4v) is 2.43. The molecule has 0 aliphatic carbocycles. The van der Waals surface area contributed by atoms with Gasteiger partial charge >= 0.3 is 0 Å². The topological polar surface area (TPSA) is 72.7 Å². The summed E-state index contributed by atoms with van der Waals surface area (Å²) < 4.78 is 31.8. The lowest BCUT2D eigenvalue weighted by atomic mass is 10.1. The van der Waals surface area contributed by atoms with Crippen LogP contribution in [-0.4, -0.2) is 41.5 Å². The maximum absolute atomic E-state index is 13.3. The number of nitro benzene ring substituents is 1. The summed E-state index contributed by atoms with van der Waals surface area (Å²) in [4.78, 5) is 23.6. The number of carbonyl (C=O) groups is 1. The van der Waals surface area contributed by atoms with E-state index in [0.29, 0.717) is 25.2 Å². The Bertz CT molecular complexity index is 594. The molecule has 1 aliphatic rings. The lowest BCUT2D eigenvalue weighted by Crippen LogP contribution is -2.41. The summed E-state index contributed by atoms with van der Waals surface area (Å²) in [7, 11) is 1.46. The molecule has 8 heteroatoms. The van der Waals surface area contributed by atoms with Crippen molar-refractivity contribution in [2.75, 3.05) is 13.7 Å². The van der Waals surface area contributed by atoms with Crippen molar-refractivity contribution in [2.24, 2.45) is 0 Å². The van der Waals surface area contributed by atoms with Gasteiger partial charge in [-0.25, -0.2) is 8.78 Å². The number of nitro groups is 1. The van der Waals surface area contributed by atoms with Crippen LogP contribution in [0.3, 0.4) is 0 Å². The number of carbonyl (C=O) groups excluding carboxylic acids is 1. The van der Waals surface area contributed by atoms with Crippen molar-refractivity contribution in [3.8, 4) is 0 Å². The SMILES string of the molecule is CC1OCCC1N(C)C(=O)c1cc(F)c(F)cc1[N+](=O)[O-]. The number of likely N-dealkylation sites (N-methyl/N-ethyl adjacent to an activating group) is 1. The molecular weight excluding hydrogens is 286 g/mol. The maximum Gasteiger partial charge on any atom is 0.285 e. The molecule has 0 N–H and O–H groups in total. The zero-order valence-electron chi connectivity index (χ0n) is 11.5. The van der Waals surface area contributed by atoms with E-state index in [2.05, 4.69) is 0 Å². The van der Waals surface area contributed by atoms with Gasteiger partial charge in [-0.05, 0) is 19.4 Å². The Morgan fingerprint density at radius 3 is 2.57 bits per heavy atom. The highest BCUT2D eigenvalue weighted by atomic mass is 19.2. The molecule has 1 aliphatic heterocycles. The van der Waals surface area contributed by atoms with Crippen molar-refractivity contribution < 1.29 is 23.2 Å². The minimum absolute atomic E-state index is 0.219. The fourth-order valence-electron chi connectivity index (χ4n) is 2.43. The van der Waals surface area contributed by atoms with Gasteiger partial charge in [-0.15, -0.1) is 0 Å². The molecule has 0 aromatic heterocycles. The van der Waals surface area contributed by atoms with Gasteiger partial charge in [0.25, 0.3) is 11.6 Å².